The Kier molecular flexibility index (Phi) is 11.7. The van der Waals surface area contributed by atoms with Gasteiger partial charge in [0.2, 0.25) is 0 Å². The minimum Gasteiger partial charge on any atom is -0.466 e. The Morgan fingerprint density at radius 2 is 1.60 bits per heavy atom. The summed E-state index contributed by atoms with van der Waals surface area (Å²) in [6.45, 7) is 7.19. The van der Waals surface area contributed by atoms with Crippen molar-refractivity contribution < 1.29 is 45.1 Å². The van der Waals surface area contributed by atoms with Gasteiger partial charge in [0, 0.05) is 0 Å². The molecule has 50 heavy (non-hydrogen) atoms. The highest BCUT2D eigenvalue weighted by atomic mass is 32.1. The minimum atomic E-state index is -5.09. The van der Waals surface area contributed by atoms with Crippen molar-refractivity contribution in [2.75, 3.05) is 38.1 Å². The molecule has 0 aliphatic carbocycles. The first kappa shape index (κ1) is 38.4. The minimum absolute atomic E-state index is 0.00176. The Morgan fingerprint density at radius 3 is 2.14 bits per heavy atom. The molecule has 0 radical (unpaired) electrons. The number of hydrogen-bond acceptors (Lipinski definition) is 7. The third-order valence-corrected chi connectivity index (χ3v) is 9.74. The molecule has 0 unspecified atom stereocenters. The van der Waals surface area contributed by atoms with Gasteiger partial charge in [-0.15, -0.1) is 11.3 Å². The van der Waals surface area contributed by atoms with E-state index in [0.717, 1.165) is 11.3 Å². The van der Waals surface area contributed by atoms with Crippen LogP contribution in [0.4, 0.5) is 36.4 Å². The molecule has 0 spiro atoms. The molecule has 2 heterocycles. The van der Waals surface area contributed by atoms with Crippen molar-refractivity contribution in [1.82, 2.24) is 4.90 Å². The molecule has 1 saturated heterocycles. The fourth-order valence-electron chi connectivity index (χ4n) is 5.55. The largest absolute Gasteiger partial charge is 0.466 e. The zero-order chi connectivity index (χ0) is 37.0. The van der Waals surface area contributed by atoms with E-state index in [1.165, 1.54) is 32.0 Å². The second-order valence-electron chi connectivity index (χ2n) is 12.4. The molecule has 4 rings (SSSR count). The average molecular weight is 722 g/mol. The number of piperidine rings is 1. The second-order valence-corrected chi connectivity index (χ2v) is 13.4. The number of hydrogen-bond donors (Lipinski definition) is 1. The van der Waals surface area contributed by atoms with Gasteiger partial charge in [-0.05, 0) is 101 Å². The molecule has 14 heteroatoms. The number of ether oxygens (including phenoxy) is 1. The number of Topliss-reactive ketones (excluding diaryl/α,β-unsaturated/α-hetero) is 1. The van der Waals surface area contributed by atoms with Gasteiger partial charge >= 0.3 is 18.3 Å². The van der Waals surface area contributed by atoms with Crippen molar-refractivity contribution in [1.29, 1.82) is 5.26 Å². The number of rotatable bonds is 9. The number of nitrogens with one attached hydrogen (secondary N) is 1. The van der Waals surface area contributed by atoms with Gasteiger partial charge in [0.1, 0.15) is 17.4 Å². The molecular formula is C36H34F7N3O3S. The van der Waals surface area contributed by atoms with Gasteiger partial charge in [-0.2, -0.15) is 31.6 Å². The number of carbonyl (C=O) groups excluding carboxylic acids is 2. The number of aryl methyl sites for hydroxylation is 1. The summed E-state index contributed by atoms with van der Waals surface area (Å²) in [5, 5.41) is 13.1. The summed E-state index contributed by atoms with van der Waals surface area (Å²) in [6, 6.07) is 7.16. The number of benzene rings is 2. The first-order chi connectivity index (χ1) is 23.4. The lowest BCUT2D eigenvalue weighted by molar-refractivity contribution is -0.149. The highest BCUT2D eigenvalue weighted by Crippen LogP contribution is 2.43. The Bertz CT molecular complexity index is 1820. The summed E-state index contributed by atoms with van der Waals surface area (Å²) >= 11 is 1.12. The zero-order valence-electron chi connectivity index (χ0n) is 27.7. The Labute approximate surface area is 289 Å². The predicted octanol–water partition coefficient (Wildman–Crippen LogP) is 8.36. The maximum Gasteiger partial charge on any atom is 0.416 e. The summed E-state index contributed by atoms with van der Waals surface area (Å²) in [5.74, 6) is 4.42. The van der Waals surface area contributed by atoms with E-state index in [0.29, 0.717) is 72.1 Å². The smallest absolute Gasteiger partial charge is 0.416 e. The van der Waals surface area contributed by atoms with Crippen LogP contribution in [0.3, 0.4) is 0 Å². The van der Waals surface area contributed by atoms with Crippen molar-refractivity contribution in [2.45, 2.75) is 58.3 Å². The van der Waals surface area contributed by atoms with Crippen LogP contribution in [0.2, 0.25) is 0 Å². The quantitative estimate of drug-likeness (QED) is 0.136. The van der Waals surface area contributed by atoms with E-state index in [1.54, 1.807) is 13.8 Å². The first-order valence-corrected chi connectivity index (χ1v) is 16.5. The summed E-state index contributed by atoms with van der Waals surface area (Å²) < 4.78 is 100. The number of nitriles is 1. The molecular weight excluding hydrogens is 687 g/mol. The van der Waals surface area contributed by atoms with Crippen molar-refractivity contribution >= 4 is 28.8 Å². The van der Waals surface area contributed by atoms with Crippen LogP contribution in [0.1, 0.15) is 66.3 Å². The normalized spacial score (nSPS) is 14.4. The van der Waals surface area contributed by atoms with Crippen LogP contribution < -0.4 is 5.32 Å². The summed E-state index contributed by atoms with van der Waals surface area (Å²) in [7, 11) is 0. The maximum absolute atomic E-state index is 14.0. The lowest BCUT2D eigenvalue weighted by Gasteiger charge is -2.29. The fourth-order valence-corrected chi connectivity index (χ4v) is 6.74. The molecule has 0 bridgehead atoms. The Balaban J connectivity index is 1.64. The van der Waals surface area contributed by atoms with Crippen LogP contribution in [-0.4, -0.2) is 49.4 Å². The van der Waals surface area contributed by atoms with Crippen molar-refractivity contribution in [3.8, 4) is 28.4 Å². The molecule has 0 atom stereocenters. The van der Waals surface area contributed by atoms with Gasteiger partial charge in [0.15, 0.2) is 5.78 Å². The van der Waals surface area contributed by atoms with E-state index in [4.69, 9.17) is 4.74 Å². The lowest BCUT2D eigenvalue weighted by atomic mass is 9.79. The molecule has 0 saturated carbocycles. The van der Waals surface area contributed by atoms with Crippen molar-refractivity contribution in [3.05, 3.63) is 74.9 Å². The summed E-state index contributed by atoms with van der Waals surface area (Å²) in [4.78, 5) is 28.5. The van der Waals surface area contributed by atoms with E-state index in [9.17, 15) is 45.6 Å². The van der Waals surface area contributed by atoms with Crippen LogP contribution in [0.25, 0.3) is 10.4 Å². The number of halogens is 7. The molecule has 1 fully saturated rings. The molecule has 1 aliphatic rings. The van der Waals surface area contributed by atoms with Crippen LogP contribution >= 0.6 is 11.3 Å². The van der Waals surface area contributed by atoms with Gasteiger partial charge in [0.25, 0.3) is 0 Å². The van der Waals surface area contributed by atoms with Crippen molar-refractivity contribution in [2.24, 2.45) is 5.92 Å². The number of thiophene rings is 1. The van der Waals surface area contributed by atoms with Crippen LogP contribution in [-0.2, 0) is 32.1 Å². The first-order valence-electron chi connectivity index (χ1n) is 15.6. The third kappa shape index (κ3) is 8.84. The number of anilines is 1. The monoisotopic (exact) mass is 721 g/mol. The van der Waals surface area contributed by atoms with Crippen LogP contribution in [0, 0.1) is 41.8 Å². The highest BCUT2D eigenvalue weighted by molar-refractivity contribution is 7.17. The molecule has 0 amide bonds. The third-order valence-electron chi connectivity index (χ3n) is 8.60. The molecule has 2 aromatic carbocycles. The average Bonchev–Trinajstić information content (AvgIpc) is 3.39. The number of carbonyl (C=O) groups is 2. The van der Waals surface area contributed by atoms with Crippen molar-refractivity contribution in [3.63, 3.8) is 0 Å². The van der Waals surface area contributed by atoms with Gasteiger partial charge in [-0.25, -0.2) is 4.39 Å². The molecule has 1 N–H and O–H groups in total. The molecule has 266 valence electrons. The highest BCUT2D eigenvalue weighted by Gasteiger charge is 2.40. The standard InChI is InChI=1S/C36H34F7N3O3S/c1-5-49-33(48)22-10-13-46(14-11-22)12-6-7-29-28(19-44)31(32(50-29)27-9-8-26(37)15-21(27)2)45-20-30(47)34(3,4)23-16-24(35(38,39)40)18-25(17-23)36(41,42)43/h8-9,15-18,22,45H,5,10-14,20H2,1-4H3. The van der Waals surface area contributed by atoms with E-state index in [2.05, 4.69) is 28.1 Å². The second kappa shape index (κ2) is 15.2. The number of esters is 1. The van der Waals surface area contributed by atoms with Crippen LogP contribution in [0.5, 0.6) is 0 Å². The molecule has 3 aromatic rings. The molecule has 6 nitrogen and oxygen atoms in total. The van der Waals surface area contributed by atoms with E-state index < -0.39 is 52.6 Å². The maximum atomic E-state index is 14.0. The van der Waals surface area contributed by atoms with Crippen LogP contribution in [0.15, 0.2) is 36.4 Å². The van der Waals surface area contributed by atoms with Gasteiger partial charge in [-0.1, -0.05) is 17.9 Å². The van der Waals surface area contributed by atoms with E-state index in [-0.39, 0.29) is 29.2 Å². The van der Waals surface area contributed by atoms with Gasteiger partial charge in [0.05, 0.1) is 57.6 Å². The molecule has 1 aromatic heterocycles. The fraction of sp³-hybridized carbons (Fsp3) is 0.417. The Hall–Kier alpha value is -4.40. The van der Waals surface area contributed by atoms with Gasteiger partial charge < -0.3 is 10.1 Å². The lowest BCUT2D eigenvalue weighted by Crippen LogP contribution is -2.37. The SMILES string of the molecule is CCOC(=O)C1CCN(CC#Cc2sc(-c3ccc(F)cc3C)c(NCC(=O)C(C)(C)c3cc(C(F)(F)F)cc(C(F)(F)F)c3)c2C#N)CC1. The number of alkyl halides is 6. The van der Waals surface area contributed by atoms with Gasteiger partial charge in [-0.3, -0.25) is 14.5 Å². The topological polar surface area (TPSA) is 82.4 Å². The number of nitrogens with zero attached hydrogens (tertiary/aromatic N) is 2. The number of likely N-dealkylation sites (tertiary alicyclic amines) is 1. The number of ketones is 1. The Morgan fingerprint density at radius 1 is 1.00 bits per heavy atom. The van der Waals surface area contributed by atoms with E-state index >= 15 is 0 Å². The summed E-state index contributed by atoms with van der Waals surface area (Å²) in [6.07, 6.45) is -8.95. The predicted molar refractivity (Wildman–Crippen MR) is 175 cm³/mol. The molecule has 1 aliphatic heterocycles. The zero-order valence-corrected chi connectivity index (χ0v) is 28.5. The summed E-state index contributed by atoms with van der Waals surface area (Å²) in [5.41, 5.74) is -4.08. The van der Waals surface area contributed by atoms with E-state index in [1.807, 2.05) is 0 Å².